The van der Waals surface area contributed by atoms with Crippen molar-refractivity contribution in [1.82, 2.24) is 14.8 Å². The summed E-state index contributed by atoms with van der Waals surface area (Å²) in [6, 6.07) is 12.3. The fourth-order valence-corrected chi connectivity index (χ4v) is 2.27. The molecule has 1 aromatic carbocycles. The number of pyridine rings is 1. The van der Waals surface area contributed by atoms with E-state index in [1.165, 1.54) is 5.69 Å². The molecule has 0 saturated carbocycles. The third-order valence-electron chi connectivity index (χ3n) is 3.24. The first-order valence-electron chi connectivity index (χ1n) is 6.45. The van der Waals surface area contributed by atoms with Crippen molar-refractivity contribution in [2.24, 2.45) is 0 Å². The van der Waals surface area contributed by atoms with E-state index < -0.39 is 0 Å². The van der Waals surface area contributed by atoms with Crippen molar-refractivity contribution in [3.05, 3.63) is 54.5 Å². The molecule has 3 rings (SSSR count). The molecule has 0 N–H and O–H groups in total. The maximum absolute atomic E-state index is 4.46. The number of fused-ring (bicyclic) bond motifs is 1. The number of aromatic nitrogens is 3. The monoisotopic (exact) mass is 251 g/mol. The molecule has 0 aliphatic rings. The van der Waals surface area contributed by atoms with Gasteiger partial charge >= 0.3 is 0 Å². The van der Waals surface area contributed by atoms with Crippen LogP contribution in [0.2, 0.25) is 0 Å². The van der Waals surface area contributed by atoms with Gasteiger partial charge in [-0.2, -0.15) is 5.10 Å². The quantitative estimate of drug-likeness (QED) is 0.660. The van der Waals surface area contributed by atoms with Gasteiger partial charge < -0.3 is 0 Å². The first-order chi connectivity index (χ1) is 9.05. The summed E-state index contributed by atoms with van der Waals surface area (Å²) in [4.78, 5) is 4.35. The van der Waals surface area contributed by atoms with Crippen LogP contribution in [0.1, 0.15) is 26.5 Å². The van der Waals surface area contributed by atoms with E-state index in [1.807, 2.05) is 29.2 Å². The lowest BCUT2D eigenvalue weighted by atomic mass is 9.92. The molecule has 0 atom stereocenters. The highest BCUT2D eigenvalue weighted by Crippen LogP contribution is 2.25. The van der Waals surface area contributed by atoms with Gasteiger partial charge in [0.05, 0.1) is 11.2 Å². The lowest BCUT2D eigenvalue weighted by Gasteiger charge is -2.20. The molecule has 0 amide bonds. The number of hydrogen-bond acceptors (Lipinski definition) is 2. The van der Waals surface area contributed by atoms with Gasteiger partial charge in [-0.25, -0.2) is 4.68 Å². The highest BCUT2D eigenvalue weighted by Gasteiger charge is 2.19. The lowest BCUT2D eigenvalue weighted by molar-refractivity contribution is 0.544. The molecule has 3 aromatic rings. The van der Waals surface area contributed by atoms with Crippen LogP contribution < -0.4 is 0 Å². The normalized spacial score (nSPS) is 11.9. The van der Waals surface area contributed by atoms with Crippen molar-refractivity contribution in [2.75, 3.05) is 0 Å². The zero-order chi connectivity index (χ0) is 13.5. The van der Waals surface area contributed by atoms with Crippen LogP contribution in [0.15, 0.2) is 48.8 Å². The molecule has 0 saturated heterocycles. The summed E-state index contributed by atoms with van der Waals surface area (Å²) in [7, 11) is 0. The number of rotatable bonds is 1. The fraction of sp³-hybridized carbons (Fsp3) is 0.250. The Bertz CT molecular complexity index is 720. The van der Waals surface area contributed by atoms with Crippen LogP contribution in [0.3, 0.4) is 0 Å². The van der Waals surface area contributed by atoms with E-state index in [0.29, 0.717) is 0 Å². The van der Waals surface area contributed by atoms with Crippen LogP contribution in [0.4, 0.5) is 0 Å². The van der Waals surface area contributed by atoms with E-state index in [0.717, 1.165) is 16.6 Å². The Hall–Kier alpha value is -2.16. The minimum Gasteiger partial charge on any atom is -0.256 e. The second-order valence-corrected chi connectivity index (χ2v) is 5.76. The number of nitrogens with zero attached hydrogens (tertiary/aromatic N) is 3. The average molecular weight is 251 g/mol. The van der Waals surface area contributed by atoms with E-state index >= 15 is 0 Å². The molecule has 0 fully saturated rings. The molecule has 0 aliphatic carbocycles. The van der Waals surface area contributed by atoms with Crippen LogP contribution in [0, 0.1) is 0 Å². The zero-order valence-electron chi connectivity index (χ0n) is 11.5. The standard InChI is InChI=1S/C16H17N3/c1-16(2,3)15-8-10-18-19(15)13-6-7-14-12(11-13)5-4-9-17-14/h4-11H,1-3H3. The molecular formula is C16H17N3. The molecule has 3 heteroatoms. The Balaban J connectivity index is 2.17. The molecule has 0 unspecified atom stereocenters. The van der Waals surface area contributed by atoms with Crippen molar-refractivity contribution in [1.29, 1.82) is 0 Å². The third-order valence-corrected chi connectivity index (χ3v) is 3.24. The molecule has 0 aliphatic heterocycles. The first-order valence-corrected chi connectivity index (χ1v) is 6.45. The van der Waals surface area contributed by atoms with E-state index in [2.05, 4.69) is 55.1 Å². The van der Waals surface area contributed by atoms with Gasteiger partial charge in [0.1, 0.15) is 0 Å². The van der Waals surface area contributed by atoms with Crippen molar-refractivity contribution in [3.63, 3.8) is 0 Å². The van der Waals surface area contributed by atoms with Crippen LogP contribution in [-0.4, -0.2) is 14.8 Å². The van der Waals surface area contributed by atoms with Gasteiger partial charge in [0, 0.05) is 28.9 Å². The van der Waals surface area contributed by atoms with Crippen molar-refractivity contribution in [2.45, 2.75) is 26.2 Å². The van der Waals surface area contributed by atoms with Crippen LogP contribution in [0.25, 0.3) is 16.6 Å². The molecular weight excluding hydrogens is 234 g/mol. The molecule has 19 heavy (non-hydrogen) atoms. The second-order valence-electron chi connectivity index (χ2n) is 5.76. The van der Waals surface area contributed by atoms with Gasteiger partial charge in [0.25, 0.3) is 0 Å². The van der Waals surface area contributed by atoms with Gasteiger partial charge in [0.2, 0.25) is 0 Å². The van der Waals surface area contributed by atoms with Crippen LogP contribution in [-0.2, 0) is 5.41 Å². The summed E-state index contributed by atoms with van der Waals surface area (Å²) < 4.78 is 2.01. The molecule has 96 valence electrons. The average Bonchev–Trinajstić information content (AvgIpc) is 2.87. The van der Waals surface area contributed by atoms with Gasteiger partial charge in [-0.05, 0) is 30.3 Å². The first kappa shape index (κ1) is 11.9. The summed E-state index contributed by atoms with van der Waals surface area (Å²) in [5, 5.41) is 5.59. The zero-order valence-corrected chi connectivity index (χ0v) is 11.5. The number of hydrogen-bond donors (Lipinski definition) is 0. The summed E-state index contributed by atoms with van der Waals surface area (Å²) >= 11 is 0. The Morgan fingerprint density at radius 2 is 1.84 bits per heavy atom. The molecule has 2 aromatic heterocycles. The Kier molecular flexibility index (Phi) is 2.63. The smallest absolute Gasteiger partial charge is 0.0703 e. The second kappa shape index (κ2) is 4.19. The highest BCUT2D eigenvalue weighted by molar-refractivity contribution is 5.80. The van der Waals surface area contributed by atoms with Crippen LogP contribution >= 0.6 is 0 Å². The molecule has 0 bridgehead atoms. The van der Waals surface area contributed by atoms with Crippen LogP contribution in [0.5, 0.6) is 0 Å². The predicted molar refractivity (Wildman–Crippen MR) is 77.6 cm³/mol. The molecule has 0 radical (unpaired) electrons. The minimum atomic E-state index is 0.0698. The predicted octanol–water partition coefficient (Wildman–Crippen LogP) is 3.72. The lowest BCUT2D eigenvalue weighted by Crippen LogP contribution is -2.17. The summed E-state index contributed by atoms with van der Waals surface area (Å²) in [5.74, 6) is 0. The Morgan fingerprint density at radius 1 is 1.00 bits per heavy atom. The summed E-state index contributed by atoms with van der Waals surface area (Å²) in [6.45, 7) is 6.59. The van der Waals surface area contributed by atoms with E-state index in [1.54, 1.807) is 0 Å². The summed E-state index contributed by atoms with van der Waals surface area (Å²) in [5.41, 5.74) is 3.36. The fourth-order valence-electron chi connectivity index (χ4n) is 2.27. The van der Waals surface area contributed by atoms with E-state index in [-0.39, 0.29) is 5.41 Å². The molecule has 0 spiro atoms. The summed E-state index contributed by atoms with van der Waals surface area (Å²) in [6.07, 6.45) is 3.67. The van der Waals surface area contributed by atoms with E-state index in [9.17, 15) is 0 Å². The molecule has 3 nitrogen and oxygen atoms in total. The third kappa shape index (κ3) is 2.12. The van der Waals surface area contributed by atoms with Crippen molar-refractivity contribution < 1.29 is 0 Å². The number of benzene rings is 1. The molecule has 2 heterocycles. The highest BCUT2D eigenvalue weighted by atomic mass is 15.3. The Morgan fingerprint density at radius 3 is 2.63 bits per heavy atom. The SMILES string of the molecule is CC(C)(C)c1ccnn1-c1ccc2ncccc2c1. The van der Waals surface area contributed by atoms with Gasteiger partial charge in [0.15, 0.2) is 0 Å². The largest absolute Gasteiger partial charge is 0.256 e. The van der Waals surface area contributed by atoms with E-state index in [4.69, 9.17) is 0 Å². The maximum atomic E-state index is 4.46. The topological polar surface area (TPSA) is 30.7 Å². The van der Waals surface area contributed by atoms with Crippen molar-refractivity contribution >= 4 is 10.9 Å². The van der Waals surface area contributed by atoms with Gasteiger partial charge in [-0.1, -0.05) is 26.8 Å². The van der Waals surface area contributed by atoms with Gasteiger partial charge in [-0.3, -0.25) is 4.98 Å². The Labute approximate surface area is 112 Å². The minimum absolute atomic E-state index is 0.0698. The maximum Gasteiger partial charge on any atom is 0.0703 e. The van der Waals surface area contributed by atoms with Gasteiger partial charge in [-0.15, -0.1) is 0 Å². The van der Waals surface area contributed by atoms with Crippen molar-refractivity contribution in [3.8, 4) is 5.69 Å².